The molecule has 0 saturated heterocycles. The van der Waals surface area contributed by atoms with Crippen molar-refractivity contribution < 1.29 is 14.3 Å². The summed E-state index contributed by atoms with van der Waals surface area (Å²) in [6, 6.07) is 18.4. The second kappa shape index (κ2) is 7.23. The van der Waals surface area contributed by atoms with Crippen LogP contribution in [0.5, 0.6) is 0 Å². The van der Waals surface area contributed by atoms with Crippen LogP contribution in [0, 0.1) is 5.82 Å². The van der Waals surface area contributed by atoms with Crippen molar-refractivity contribution in [1.82, 2.24) is 5.32 Å². The number of benzene rings is 3. The molecule has 0 fully saturated rings. The maximum absolute atomic E-state index is 13.6. The summed E-state index contributed by atoms with van der Waals surface area (Å²) in [5.74, 6) is -0.573. The molecule has 24 heavy (non-hydrogen) atoms. The first-order chi connectivity index (χ1) is 11.7. The van der Waals surface area contributed by atoms with Gasteiger partial charge in [0.2, 0.25) is 5.91 Å². The molecule has 2 N–H and O–H groups in total. The second-order valence-corrected chi connectivity index (χ2v) is 5.68. The Labute approximate surface area is 139 Å². The van der Waals surface area contributed by atoms with Crippen molar-refractivity contribution in [3.05, 3.63) is 83.2 Å². The molecule has 0 spiro atoms. The molecule has 0 radical (unpaired) electrons. The lowest BCUT2D eigenvalue weighted by Crippen LogP contribution is -2.24. The molecule has 3 rings (SSSR count). The van der Waals surface area contributed by atoms with Crippen molar-refractivity contribution in [2.75, 3.05) is 0 Å². The number of nitrogens with one attached hydrogen (secondary N) is 1. The van der Waals surface area contributed by atoms with E-state index in [1.54, 1.807) is 6.07 Å². The monoisotopic (exact) mass is 323 g/mol. The number of hydrogen-bond donors (Lipinski definition) is 2. The van der Waals surface area contributed by atoms with E-state index in [0.29, 0.717) is 5.56 Å². The van der Waals surface area contributed by atoms with Crippen LogP contribution in [0.3, 0.4) is 0 Å². The molecule has 0 aliphatic heterocycles. The Bertz CT molecular complexity index is 871. The molecular formula is C20H18FNO2. The van der Waals surface area contributed by atoms with E-state index in [2.05, 4.69) is 5.32 Å². The molecule has 0 atom stereocenters. The summed E-state index contributed by atoms with van der Waals surface area (Å²) in [5.41, 5.74) is 1.88. The molecule has 122 valence electrons. The fourth-order valence-corrected chi connectivity index (χ4v) is 2.71. The average Bonchev–Trinajstić information content (AvgIpc) is 2.60. The van der Waals surface area contributed by atoms with Gasteiger partial charge in [0.15, 0.2) is 0 Å². The van der Waals surface area contributed by atoms with Gasteiger partial charge in [0, 0.05) is 12.1 Å². The molecule has 0 bridgehead atoms. The van der Waals surface area contributed by atoms with Gasteiger partial charge in [-0.2, -0.15) is 0 Å². The normalized spacial score (nSPS) is 10.8. The Hall–Kier alpha value is -2.72. The first-order valence-corrected chi connectivity index (χ1v) is 7.79. The Balaban J connectivity index is 1.66. The van der Waals surface area contributed by atoms with Crippen molar-refractivity contribution >= 4 is 16.7 Å². The van der Waals surface area contributed by atoms with Gasteiger partial charge >= 0.3 is 0 Å². The van der Waals surface area contributed by atoms with E-state index in [4.69, 9.17) is 5.11 Å². The molecule has 3 aromatic carbocycles. The van der Waals surface area contributed by atoms with E-state index in [1.165, 1.54) is 12.1 Å². The first kappa shape index (κ1) is 16.1. The zero-order valence-electron chi connectivity index (χ0n) is 13.1. The lowest BCUT2D eigenvalue weighted by atomic mass is 10.0. The number of halogens is 1. The third kappa shape index (κ3) is 3.60. The predicted molar refractivity (Wildman–Crippen MR) is 91.8 cm³/mol. The highest BCUT2D eigenvalue weighted by Crippen LogP contribution is 2.19. The van der Waals surface area contributed by atoms with Crippen LogP contribution in [0.25, 0.3) is 10.8 Å². The minimum absolute atomic E-state index is 0.113. The zero-order chi connectivity index (χ0) is 16.9. The largest absolute Gasteiger partial charge is 0.392 e. The lowest BCUT2D eigenvalue weighted by Gasteiger charge is -2.09. The van der Waals surface area contributed by atoms with Crippen molar-refractivity contribution in [3.63, 3.8) is 0 Å². The van der Waals surface area contributed by atoms with Crippen molar-refractivity contribution in [2.24, 2.45) is 0 Å². The van der Waals surface area contributed by atoms with Crippen LogP contribution in [0.4, 0.5) is 4.39 Å². The third-order valence-electron chi connectivity index (χ3n) is 4.01. The quantitative estimate of drug-likeness (QED) is 0.757. The number of amides is 1. The Morgan fingerprint density at radius 1 is 1.00 bits per heavy atom. The smallest absolute Gasteiger partial charge is 0.224 e. The molecule has 0 unspecified atom stereocenters. The molecule has 3 aromatic rings. The minimum atomic E-state index is -0.460. The molecular weight excluding hydrogens is 305 g/mol. The summed E-state index contributed by atoms with van der Waals surface area (Å²) in [6.45, 7) is -0.0776. The van der Waals surface area contributed by atoms with E-state index in [1.807, 2.05) is 42.5 Å². The van der Waals surface area contributed by atoms with Gasteiger partial charge in [-0.15, -0.1) is 0 Å². The van der Waals surface area contributed by atoms with Crippen LogP contribution in [-0.4, -0.2) is 11.0 Å². The van der Waals surface area contributed by atoms with Gasteiger partial charge in [0.1, 0.15) is 5.82 Å². The van der Waals surface area contributed by atoms with Crippen LogP contribution in [0.1, 0.15) is 16.7 Å². The van der Waals surface area contributed by atoms with Crippen LogP contribution in [0.2, 0.25) is 0 Å². The predicted octanol–water partition coefficient (Wildman–Crippen LogP) is 3.33. The molecule has 1 amide bonds. The number of hydrogen-bond acceptors (Lipinski definition) is 2. The molecule has 0 aliphatic carbocycles. The van der Waals surface area contributed by atoms with E-state index in [9.17, 15) is 9.18 Å². The van der Waals surface area contributed by atoms with Gasteiger partial charge in [-0.1, -0.05) is 54.6 Å². The van der Waals surface area contributed by atoms with Crippen LogP contribution < -0.4 is 5.32 Å². The summed E-state index contributed by atoms with van der Waals surface area (Å²) < 4.78 is 13.6. The maximum Gasteiger partial charge on any atom is 0.224 e. The van der Waals surface area contributed by atoms with E-state index < -0.39 is 5.82 Å². The van der Waals surface area contributed by atoms with Gasteiger partial charge in [-0.05, 0) is 28.0 Å². The summed E-state index contributed by atoms with van der Waals surface area (Å²) in [6.07, 6.45) is 0.276. The van der Waals surface area contributed by atoms with Gasteiger partial charge in [0.25, 0.3) is 0 Å². The molecule has 3 nitrogen and oxygen atoms in total. The van der Waals surface area contributed by atoms with Crippen molar-refractivity contribution in [3.8, 4) is 0 Å². The Morgan fingerprint density at radius 3 is 2.58 bits per heavy atom. The molecule has 4 heteroatoms. The first-order valence-electron chi connectivity index (χ1n) is 7.79. The molecule has 0 heterocycles. The highest BCUT2D eigenvalue weighted by atomic mass is 19.1. The number of fused-ring (bicyclic) bond motifs is 1. The Morgan fingerprint density at radius 2 is 1.79 bits per heavy atom. The summed E-state index contributed by atoms with van der Waals surface area (Å²) in [4.78, 5) is 12.2. The molecule has 0 aromatic heterocycles. The number of carbonyl (C=O) groups is 1. The molecule has 0 saturated carbocycles. The van der Waals surface area contributed by atoms with E-state index >= 15 is 0 Å². The fraction of sp³-hybridized carbons (Fsp3) is 0.150. The van der Waals surface area contributed by atoms with Gasteiger partial charge in [-0.25, -0.2) is 4.39 Å². The number of aliphatic hydroxyl groups excluding tert-OH is 1. The highest BCUT2D eigenvalue weighted by Gasteiger charge is 2.08. The van der Waals surface area contributed by atoms with Gasteiger partial charge < -0.3 is 10.4 Å². The average molecular weight is 323 g/mol. The number of aliphatic hydroxyl groups is 1. The number of carbonyl (C=O) groups excluding carboxylic acids is 1. The third-order valence-corrected chi connectivity index (χ3v) is 4.01. The summed E-state index contributed by atoms with van der Waals surface area (Å²) >= 11 is 0. The standard InChI is InChI=1S/C20H18FNO2/c21-19-10-14(8-9-17(19)13-23)12-22-20(24)11-16-6-3-5-15-4-1-2-7-18(15)16/h1-10,23H,11-13H2,(H,22,24). The summed E-state index contributed by atoms with van der Waals surface area (Å²) in [7, 11) is 0. The minimum Gasteiger partial charge on any atom is -0.392 e. The zero-order valence-corrected chi connectivity index (χ0v) is 13.1. The highest BCUT2D eigenvalue weighted by molar-refractivity contribution is 5.90. The van der Waals surface area contributed by atoms with Crippen LogP contribution in [-0.2, 0) is 24.4 Å². The topological polar surface area (TPSA) is 49.3 Å². The Kier molecular flexibility index (Phi) is 4.87. The van der Waals surface area contributed by atoms with E-state index in [0.717, 1.165) is 16.3 Å². The second-order valence-electron chi connectivity index (χ2n) is 5.68. The van der Waals surface area contributed by atoms with Crippen molar-refractivity contribution in [1.29, 1.82) is 0 Å². The van der Waals surface area contributed by atoms with Gasteiger partial charge in [-0.3, -0.25) is 4.79 Å². The van der Waals surface area contributed by atoms with Gasteiger partial charge in [0.05, 0.1) is 13.0 Å². The van der Waals surface area contributed by atoms with Crippen LogP contribution >= 0.6 is 0 Å². The van der Waals surface area contributed by atoms with E-state index in [-0.39, 0.29) is 31.0 Å². The lowest BCUT2D eigenvalue weighted by molar-refractivity contribution is -0.120. The summed E-state index contributed by atoms with van der Waals surface area (Å²) in [5, 5.41) is 13.9. The maximum atomic E-state index is 13.6. The van der Waals surface area contributed by atoms with Crippen LogP contribution in [0.15, 0.2) is 60.7 Å². The number of rotatable bonds is 5. The molecule has 0 aliphatic rings. The van der Waals surface area contributed by atoms with Crippen molar-refractivity contribution in [2.45, 2.75) is 19.6 Å². The SMILES string of the molecule is O=C(Cc1cccc2ccccc12)NCc1ccc(CO)c(F)c1. The fourth-order valence-electron chi connectivity index (χ4n) is 2.71.